The molecule has 1 N–H and O–H groups in total. The van der Waals surface area contributed by atoms with E-state index in [0.29, 0.717) is 11.6 Å². The van der Waals surface area contributed by atoms with E-state index in [1.807, 2.05) is 0 Å². The van der Waals surface area contributed by atoms with Gasteiger partial charge in [0.1, 0.15) is 0 Å². The monoisotopic (exact) mass is 318 g/mol. The Bertz CT molecular complexity index is 718. The lowest BCUT2D eigenvalue weighted by Crippen LogP contribution is -2.51. The van der Waals surface area contributed by atoms with Gasteiger partial charge >= 0.3 is 5.69 Å². The molecule has 2 fully saturated rings. The molecule has 0 saturated carbocycles. The van der Waals surface area contributed by atoms with Gasteiger partial charge in [-0.3, -0.25) is 15.0 Å². The van der Waals surface area contributed by atoms with E-state index in [4.69, 9.17) is 4.63 Å². The molecule has 2 aromatic rings. The molecule has 1 aromatic carbocycles. The molecule has 0 spiro atoms. The summed E-state index contributed by atoms with van der Waals surface area (Å²) in [7, 11) is 0. The van der Waals surface area contributed by atoms with Crippen molar-refractivity contribution in [2.75, 3.05) is 44.2 Å². The summed E-state index contributed by atoms with van der Waals surface area (Å²) in [5.74, 6) is 0. The van der Waals surface area contributed by atoms with Crippen LogP contribution in [0, 0.1) is 10.1 Å². The molecule has 0 aliphatic carbocycles. The molecule has 1 unspecified atom stereocenters. The van der Waals surface area contributed by atoms with E-state index >= 15 is 0 Å². The molecule has 0 radical (unpaired) electrons. The smallest absolute Gasteiger partial charge is 0.300 e. The fraction of sp³-hybridized carbons (Fsp3) is 0.571. The molecule has 122 valence electrons. The second-order valence-corrected chi connectivity index (χ2v) is 5.99. The molecule has 9 heteroatoms. The number of hydrogen-bond acceptors (Lipinski definition) is 8. The lowest BCUT2D eigenvalue weighted by molar-refractivity contribution is -0.383. The number of anilines is 1. The predicted molar refractivity (Wildman–Crippen MR) is 83.5 cm³/mol. The average Bonchev–Trinajstić information content (AvgIpc) is 3.25. The maximum Gasteiger partial charge on any atom is 0.300 e. The van der Waals surface area contributed by atoms with Crippen molar-refractivity contribution in [3.8, 4) is 0 Å². The van der Waals surface area contributed by atoms with Gasteiger partial charge in [-0.05, 0) is 29.3 Å². The number of nitrogens with one attached hydrogen (secondary N) is 1. The van der Waals surface area contributed by atoms with Gasteiger partial charge in [0.2, 0.25) is 5.52 Å². The van der Waals surface area contributed by atoms with Crippen molar-refractivity contribution in [1.29, 1.82) is 0 Å². The second kappa shape index (κ2) is 5.74. The summed E-state index contributed by atoms with van der Waals surface area (Å²) in [4.78, 5) is 15.3. The number of hydrogen-bond donors (Lipinski definition) is 1. The van der Waals surface area contributed by atoms with Crippen LogP contribution in [0.25, 0.3) is 11.0 Å². The Morgan fingerprint density at radius 1 is 1.22 bits per heavy atom. The van der Waals surface area contributed by atoms with E-state index in [-0.39, 0.29) is 11.2 Å². The van der Waals surface area contributed by atoms with Crippen LogP contribution in [0.3, 0.4) is 0 Å². The molecule has 1 aromatic heterocycles. The van der Waals surface area contributed by atoms with Crippen molar-refractivity contribution in [2.24, 2.45) is 0 Å². The summed E-state index contributed by atoms with van der Waals surface area (Å²) in [6.07, 6.45) is 1.20. The van der Waals surface area contributed by atoms with Gasteiger partial charge < -0.3 is 10.2 Å². The molecule has 2 aliphatic rings. The number of nitrogens with zero attached hydrogens (tertiary/aromatic N) is 5. The summed E-state index contributed by atoms with van der Waals surface area (Å²) in [6, 6.07) is 3.86. The van der Waals surface area contributed by atoms with Crippen LogP contribution in [-0.4, -0.2) is 65.4 Å². The molecule has 0 bridgehead atoms. The molecule has 2 saturated heterocycles. The summed E-state index contributed by atoms with van der Waals surface area (Å²) < 4.78 is 4.74. The second-order valence-electron chi connectivity index (χ2n) is 5.99. The predicted octanol–water partition coefficient (Wildman–Crippen LogP) is 0.615. The van der Waals surface area contributed by atoms with Crippen LogP contribution in [-0.2, 0) is 0 Å². The Kier molecular flexibility index (Phi) is 3.58. The van der Waals surface area contributed by atoms with Crippen molar-refractivity contribution >= 4 is 22.4 Å². The maximum atomic E-state index is 11.1. The van der Waals surface area contributed by atoms with Crippen LogP contribution in [0.15, 0.2) is 16.8 Å². The summed E-state index contributed by atoms with van der Waals surface area (Å²) in [6.45, 7) is 5.87. The summed E-state index contributed by atoms with van der Waals surface area (Å²) >= 11 is 0. The van der Waals surface area contributed by atoms with Crippen LogP contribution in [0.2, 0.25) is 0 Å². The van der Waals surface area contributed by atoms with Gasteiger partial charge in [0.05, 0.1) is 10.6 Å². The van der Waals surface area contributed by atoms with Crippen molar-refractivity contribution in [2.45, 2.75) is 12.5 Å². The van der Waals surface area contributed by atoms with Crippen LogP contribution < -0.4 is 10.2 Å². The van der Waals surface area contributed by atoms with E-state index < -0.39 is 4.92 Å². The Hall–Kier alpha value is -2.26. The molecule has 1 atom stereocenters. The molecule has 0 amide bonds. The third-order valence-corrected chi connectivity index (χ3v) is 4.78. The standard InChI is InChI=1S/C14H18N6O3/c21-20(22)12-2-1-11(13-14(12)17-23-16-13)19-7-5-18(6-8-19)10-3-4-15-9-10/h1-2,10,15H,3-9H2. The highest BCUT2D eigenvalue weighted by molar-refractivity contribution is 5.93. The fourth-order valence-corrected chi connectivity index (χ4v) is 3.52. The largest absolute Gasteiger partial charge is 0.367 e. The van der Waals surface area contributed by atoms with Crippen LogP contribution in [0.5, 0.6) is 0 Å². The number of benzene rings is 1. The Morgan fingerprint density at radius 3 is 2.70 bits per heavy atom. The van der Waals surface area contributed by atoms with Crippen molar-refractivity contribution < 1.29 is 9.55 Å². The van der Waals surface area contributed by atoms with Crippen LogP contribution >= 0.6 is 0 Å². The minimum absolute atomic E-state index is 0.0688. The minimum atomic E-state index is -0.457. The average molecular weight is 318 g/mol. The number of rotatable bonds is 3. The molecule has 23 heavy (non-hydrogen) atoms. The quantitative estimate of drug-likeness (QED) is 0.649. The molecule has 4 rings (SSSR count). The van der Waals surface area contributed by atoms with Crippen molar-refractivity contribution in [3.05, 3.63) is 22.2 Å². The fourth-order valence-electron chi connectivity index (χ4n) is 3.52. The Balaban J connectivity index is 1.55. The van der Waals surface area contributed by atoms with E-state index in [1.165, 1.54) is 12.5 Å². The van der Waals surface area contributed by atoms with Crippen LogP contribution in [0.1, 0.15) is 6.42 Å². The first-order chi connectivity index (χ1) is 11.2. The van der Waals surface area contributed by atoms with E-state index in [0.717, 1.165) is 45.0 Å². The number of nitro groups is 1. The zero-order valence-corrected chi connectivity index (χ0v) is 12.6. The lowest BCUT2D eigenvalue weighted by atomic mass is 10.1. The first-order valence-electron chi connectivity index (χ1n) is 7.83. The zero-order valence-electron chi connectivity index (χ0n) is 12.6. The third kappa shape index (κ3) is 2.51. The SMILES string of the molecule is O=[N+]([O-])c1ccc(N2CCN(C3CCNC3)CC2)c2nonc12. The Morgan fingerprint density at radius 2 is 2.00 bits per heavy atom. The topological polar surface area (TPSA) is 101 Å². The van der Waals surface area contributed by atoms with Crippen molar-refractivity contribution in [1.82, 2.24) is 20.5 Å². The van der Waals surface area contributed by atoms with Gasteiger partial charge in [0.15, 0.2) is 5.52 Å². The number of non-ortho nitro benzene ring substituents is 1. The molecular formula is C14H18N6O3. The highest BCUT2D eigenvalue weighted by Crippen LogP contribution is 2.31. The van der Waals surface area contributed by atoms with E-state index in [2.05, 4.69) is 25.4 Å². The molecular weight excluding hydrogens is 300 g/mol. The molecule has 3 heterocycles. The zero-order chi connectivity index (χ0) is 15.8. The Labute approximate surface area is 132 Å². The van der Waals surface area contributed by atoms with Crippen LogP contribution in [0.4, 0.5) is 11.4 Å². The maximum absolute atomic E-state index is 11.1. The number of nitro benzene ring substituents is 1. The van der Waals surface area contributed by atoms with Crippen molar-refractivity contribution in [3.63, 3.8) is 0 Å². The van der Waals surface area contributed by atoms with Gasteiger partial charge in [-0.2, -0.15) is 0 Å². The first-order valence-corrected chi connectivity index (χ1v) is 7.83. The third-order valence-electron chi connectivity index (χ3n) is 4.78. The van der Waals surface area contributed by atoms with Gasteiger partial charge in [-0.1, -0.05) is 0 Å². The van der Waals surface area contributed by atoms with Gasteiger partial charge in [0, 0.05) is 44.8 Å². The normalized spacial score (nSPS) is 22.8. The van der Waals surface area contributed by atoms with E-state index in [1.54, 1.807) is 6.07 Å². The number of aromatic nitrogens is 2. The molecule has 9 nitrogen and oxygen atoms in total. The summed E-state index contributed by atoms with van der Waals surface area (Å²) in [5, 5.41) is 22.0. The summed E-state index contributed by atoms with van der Waals surface area (Å²) in [5.41, 5.74) is 1.47. The van der Waals surface area contributed by atoms with Gasteiger partial charge in [-0.25, -0.2) is 4.63 Å². The lowest BCUT2D eigenvalue weighted by Gasteiger charge is -2.38. The van der Waals surface area contributed by atoms with Gasteiger partial charge in [-0.15, -0.1) is 0 Å². The minimum Gasteiger partial charge on any atom is -0.367 e. The number of piperazine rings is 1. The molecule has 2 aliphatic heterocycles. The van der Waals surface area contributed by atoms with Gasteiger partial charge in [0.25, 0.3) is 0 Å². The first kappa shape index (κ1) is 14.3. The number of fused-ring (bicyclic) bond motifs is 1. The highest BCUT2D eigenvalue weighted by atomic mass is 16.6. The highest BCUT2D eigenvalue weighted by Gasteiger charge is 2.28. The van der Waals surface area contributed by atoms with E-state index in [9.17, 15) is 10.1 Å².